The Morgan fingerprint density at radius 3 is 2.73 bits per heavy atom. The summed E-state index contributed by atoms with van der Waals surface area (Å²) in [7, 11) is 0. The molecule has 64 valence electrons. The highest BCUT2D eigenvalue weighted by atomic mass is 19.3. The van der Waals surface area contributed by atoms with E-state index < -0.39 is 13.0 Å². The van der Waals surface area contributed by atoms with E-state index >= 15 is 0 Å². The maximum atomic E-state index is 11.5. The maximum Gasteiger partial charge on any atom is 0.255 e. The first-order valence-electron chi connectivity index (χ1n) is 3.49. The van der Waals surface area contributed by atoms with E-state index in [2.05, 4.69) is 10.6 Å². The lowest BCUT2D eigenvalue weighted by atomic mass is 10.1. The molecule has 0 radical (unpaired) electrons. The Morgan fingerprint density at radius 1 is 1.73 bits per heavy atom. The molecule has 1 atom stereocenters. The first-order chi connectivity index (χ1) is 5.20. The summed E-state index contributed by atoms with van der Waals surface area (Å²) in [6.07, 6.45) is -1.71. The third kappa shape index (κ3) is 2.42. The van der Waals surface area contributed by atoms with Gasteiger partial charge in [-0.1, -0.05) is 0 Å². The summed E-state index contributed by atoms with van der Waals surface area (Å²) < 4.78 is 23.1. The highest BCUT2D eigenvalue weighted by molar-refractivity contribution is 5.82. The molecule has 2 N–H and O–H groups in total. The predicted octanol–water partition coefficient (Wildman–Crippen LogP) is -0.270. The molecular weight excluding hydrogens is 154 g/mol. The van der Waals surface area contributed by atoms with E-state index in [1.54, 1.807) is 0 Å². The lowest BCUT2D eigenvalue weighted by molar-refractivity contribution is -0.125. The van der Waals surface area contributed by atoms with Crippen LogP contribution in [0.3, 0.4) is 0 Å². The predicted molar refractivity (Wildman–Crippen MR) is 35.4 cm³/mol. The summed E-state index contributed by atoms with van der Waals surface area (Å²) in [6, 6.07) is -0.242. The molecule has 1 aliphatic heterocycles. The number of amides is 1. The maximum absolute atomic E-state index is 11.5. The Morgan fingerprint density at radius 2 is 2.36 bits per heavy atom. The van der Waals surface area contributed by atoms with Crippen LogP contribution < -0.4 is 10.6 Å². The zero-order valence-corrected chi connectivity index (χ0v) is 5.94. The normalized spacial score (nSPS) is 23.0. The number of nitrogens with one attached hydrogen (secondary N) is 2. The third-order valence-electron chi connectivity index (χ3n) is 1.57. The van der Waals surface area contributed by atoms with Crippen LogP contribution in [0.2, 0.25) is 0 Å². The fraction of sp³-hybridized carbons (Fsp3) is 0.833. The Kier molecular flexibility index (Phi) is 2.76. The van der Waals surface area contributed by atoms with Gasteiger partial charge in [0.25, 0.3) is 6.43 Å². The minimum absolute atomic E-state index is 0.242. The van der Waals surface area contributed by atoms with Crippen LogP contribution in [-0.4, -0.2) is 31.5 Å². The molecule has 0 bridgehead atoms. The molecule has 1 heterocycles. The van der Waals surface area contributed by atoms with Crippen molar-refractivity contribution in [3.8, 4) is 0 Å². The van der Waals surface area contributed by atoms with Crippen LogP contribution >= 0.6 is 0 Å². The van der Waals surface area contributed by atoms with Crippen molar-refractivity contribution in [2.45, 2.75) is 18.9 Å². The molecule has 1 fully saturated rings. The number of carbonyl (C=O) groups excluding carboxylic acids is 1. The monoisotopic (exact) mass is 164 g/mol. The molecule has 3 nitrogen and oxygen atoms in total. The van der Waals surface area contributed by atoms with Gasteiger partial charge < -0.3 is 10.6 Å². The first kappa shape index (κ1) is 8.39. The number of hydrogen-bond acceptors (Lipinski definition) is 2. The number of halogens is 2. The van der Waals surface area contributed by atoms with Gasteiger partial charge in [0.15, 0.2) is 0 Å². The first-order valence-corrected chi connectivity index (χ1v) is 3.49. The molecule has 1 aliphatic rings. The van der Waals surface area contributed by atoms with Gasteiger partial charge >= 0.3 is 0 Å². The molecule has 5 heteroatoms. The SMILES string of the molecule is O=C(NCC(F)F)[C@H]1CCN1. The van der Waals surface area contributed by atoms with Crippen LogP contribution in [0.4, 0.5) is 8.78 Å². The van der Waals surface area contributed by atoms with Gasteiger partial charge in [-0.15, -0.1) is 0 Å². The molecule has 0 aromatic carbocycles. The van der Waals surface area contributed by atoms with Crippen LogP contribution in [0.25, 0.3) is 0 Å². The molecule has 0 spiro atoms. The van der Waals surface area contributed by atoms with Gasteiger partial charge in [0.2, 0.25) is 5.91 Å². The zero-order chi connectivity index (χ0) is 8.27. The van der Waals surface area contributed by atoms with Crippen LogP contribution in [-0.2, 0) is 4.79 Å². The van der Waals surface area contributed by atoms with Crippen molar-refractivity contribution in [1.82, 2.24) is 10.6 Å². The minimum atomic E-state index is -2.46. The van der Waals surface area contributed by atoms with E-state index in [9.17, 15) is 13.6 Å². The Bertz CT molecular complexity index is 148. The lowest BCUT2D eigenvalue weighted by Crippen LogP contribution is -2.53. The second-order valence-electron chi connectivity index (χ2n) is 2.43. The summed E-state index contributed by atoms with van der Waals surface area (Å²) in [6.45, 7) is 0.254. The summed E-state index contributed by atoms with van der Waals surface area (Å²) in [5, 5.41) is 4.94. The van der Waals surface area contributed by atoms with Gasteiger partial charge in [-0.25, -0.2) is 8.78 Å². The van der Waals surface area contributed by atoms with E-state index in [4.69, 9.17) is 0 Å². The third-order valence-corrected chi connectivity index (χ3v) is 1.57. The summed E-state index contributed by atoms with van der Waals surface area (Å²) >= 11 is 0. The zero-order valence-electron chi connectivity index (χ0n) is 5.94. The van der Waals surface area contributed by atoms with E-state index in [1.165, 1.54) is 0 Å². The van der Waals surface area contributed by atoms with Crippen LogP contribution in [0.1, 0.15) is 6.42 Å². The fourth-order valence-corrected chi connectivity index (χ4v) is 0.813. The number of carbonyl (C=O) groups is 1. The minimum Gasteiger partial charge on any atom is -0.349 e. The second-order valence-corrected chi connectivity index (χ2v) is 2.43. The van der Waals surface area contributed by atoms with Crippen molar-refractivity contribution >= 4 is 5.91 Å². The molecule has 0 aromatic rings. The summed E-state index contributed by atoms with van der Waals surface area (Å²) in [4.78, 5) is 10.8. The van der Waals surface area contributed by atoms with Crippen LogP contribution in [0.15, 0.2) is 0 Å². The average molecular weight is 164 g/mol. The standard InChI is InChI=1S/C6H10F2N2O/c7-5(8)3-10-6(11)4-1-2-9-4/h4-5,9H,1-3H2,(H,10,11)/t4-/m1/s1. The van der Waals surface area contributed by atoms with E-state index in [1.807, 2.05) is 0 Å². The summed E-state index contributed by atoms with van der Waals surface area (Å²) in [5.41, 5.74) is 0. The summed E-state index contributed by atoms with van der Waals surface area (Å²) in [5.74, 6) is -0.323. The van der Waals surface area contributed by atoms with Crippen molar-refractivity contribution in [3.63, 3.8) is 0 Å². The number of rotatable bonds is 3. The number of hydrogen-bond donors (Lipinski definition) is 2. The van der Waals surface area contributed by atoms with Gasteiger partial charge in [0.1, 0.15) is 0 Å². The Labute approximate surface area is 63.2 Å². The lowest BCUT2D eigenvalue weighted by Gasteiger charge is -2.26. The number of alkyl halides is 2. The average Bonchev–Trinajstić information content (AvgIpc) is 1.79. The van der Waals surface area contributed by atoms with Crippen molar-refractivity contribution in [3.05, 3.63) is 0 Å². The second kappa shape index (κ2) is 3.61. The van der Waals surface area contributed by atoms with E-state index in [0.717, 1.165) is 13.0 Å². The Balaban J connectivity index is 2.10. The highest BCUT2D eigenvalue weighted by Gasteiger charge is 2.24. The highest BCUT2D eigenvalue weighted by Crippen LogP contribution is 2.01. The molecule has 1 rings (SSSR count). The van der Waals surface area contributed by atoms with Gasteiger partial charge in [0, 0.05) is 0 Å². The fourth-order valence-electron chi connectivity index (χ4n) is 0.813. The quantitative estimate of drug-likeness (QED) is 0.602. The smallest absolute Gasteiger partial charge is 0.255 e. The molecule has 0 saturated carbocycles. The van der Waals surface area contributed by atoms with E-state index in [-0.39, 0.29) is 11.9 Å². The van der Waals surface area contributed by atoms with Crippen molar-refractivity contribution < 1.29 is 13.6 Å². The van der Waals surface area contributed by atoms with Crippen molar-refractivity contribution in [2.24, 2.45) is 0 Å². The van der Waals surface area contributed by atoms with Crippen LogP contribution in [0, 0.1) is 0 Å². The molecule has 1 saturated heterocycles. The van der Waals surface area contributed by atoms with Gasteiger partial charge in [-0.05, 0) is 13.0 Å². The van der Waals surface area contributed by atoms with Crippen LogP contribution in [0.5, 0.6) is 0 Å². The molecule has 0 unspecified atom stereocenters. The topological polar surface area (TPSA) is 41.1 Å². The molecule has 0 aliphatic carbocycles. The van der Waals surface area contributed by atoms with Gasteiger partial charge in [-0.3, -0.25) is 4.79 Å². The Hall–Kier alpha value is -0.710. The molecular formula is C6H10F2N2O. The molecule has 1 amide bonds. The van der Waals surface area contributed by atoms with Crippen molar-refractivity contribution in [2.75, 3.05) is 13.1 Å². The largest absolute Gasteiger partial charge is 0.349 e. The molecule has 11 heavy (non-hydrogen) atoms. The van der Waals surface area contributed by atoms with Gasteiger partial charge in [-0.2, -0.15) is 0 Å². The van der Waals surface area contributed by atoms with Crippen molar-refractivity contribution in [1.29, 1.82) is 0 Å². The van der Waals surface area contributed by atoms with Gasteiger partial charge in [0.05, 0.1) is 12.6 Å². The van der Waals surface area contributed by atoms with E-state index in [0.29, 0.717) is 0 Å². The molecule has 0 aromatic heterocycles.